The lowest BCUT2D eigenvalue weighted by atomic mass is 9.77. The van der Waals surface area contributed by atoms with Crippen LogP contribution in [0.2, 0.25) is 0 Å². The molecular formula is C18H19Cl2NO2. The van der Waals surface area contributed by atoms with Crippen LogP contribution in [-0.2, 0) is 12.8 Å². The minimum atomic E-state index is -0.0526. The number of hydrogen-bond acceptors (Lipinski definition) is 3. The predicted molar refractivity (Wildman–Crippen MR) is 94.9 cm³/mol. The van der Waals surface area contributed by atoms with Crippen molar-refractivity contribution in [1.29, 1.82) is 0 Å². The molecular weight excluding hydrogens is 333 g/mol. The normalized spacial score (nSPS) is 18.7. The first kappa shape index (κ1) is 16.4. The molecule has 0 saturated carbocycles. The number of nitrogens with zero attached hydrogens (tertiary/aromatic N) is 1. The van der Waals surface area contributed by atoms with Gasteiger partial charge in [-0.1, -0.05) is 24.3 Å². The summed E-state index contributed by atoms with van der Waals surface area (Å²) in [5.41, 5.74) is 5.58. The second-order valence-corrected chi connectivity index (χ2v) is 6.42. The number of aromatic hydroxyl groups is 2. The molecule has 2 aromatic carbocycles. The fourth-order valence-electron chi connectivity index (χ4n) is 3.95. The lowest BCUT2D eigenvalue weighted by Crippen LogP contribution is -2.39. The average Bonchev–Trinajstić information content (AvgIpc) is 2.53. The summed E-state index contributed by atoms with van der Waals surface area (Å²) in [7, 11) is 0. The number of halogens is 2. The van der Waals surface area contributed by atoms with Crippen molar-refractivity contribution in [3.8, 4) is 22.6 Å². The maximum atomic E-state index is 10.3. The Labute approximate surface area is 146 Å². The van der Waals surface area contributed by atoms with Crippen LogP contribution in [0.3, 0.4) is 0 Å². The number of benzene rings is 2. The van der Waals surface area contributed by atoms with Crippen LogP contribution in [0.5, 0.6) is 11.5 Å². The monoisotopic (exact) mass is 351 g/mol. The molecule has 3 nitrogen and oxygen atoms in total. The van der Waals surface area contributed by atoms with E-state index in [4.69, 9.17) is 11.6 Å². The third-order valence-electron chi connectivity index (χ3n) is 4.94. The van der Waals surface area contributed by atoms with Crippen molar-refractivity contribution in [2.45, 2.75) is 18.9 Å². The Bertz CT molecular complexity index is 748. The van der Waals surface area contributed by atoms with E-state index >= 15 is 0 Å². The van der Waals surface area contributed by atoms with Crippen LogP contribution in [-0.4, -0.2) is 34.1 Å². The molecule has 23 heavy (non-hydrogen) atoms. The highest BCUT2D eigenvalue weighted by Crippen LogP contribution is 2.50. The molecule has 2 aliphatic rings. The van der Waals surface area contributed by atoms with Crippen molar-refractivity contribution >= 4 is 24.0 Å². The van der Waals surface area contributed by atoms with Gasteiger partial charge in [-0.3, -0.25) is 4.90 Å². The molecule has 122 valence electrons. The Hall–Kier alpha value is -1.42. The lowest BCUT2D eigenvalue weighted by molar-refractivity contribution is 0.194. The molecule has 1 aliphatic carbocycles. The molecule has 2 aromatic rings. The van der Waals surface area contributed by atoms with Gasteiger partial charge in [0, 0.05) is 30.6 Å². The zero-order chi connectivity index (χ0) is 15.3. The Morgan fingerprint density at radius 2 is 1.96 bits per heavy atom. The third kappa shape index (κ3) is 2.47. The molecule has 0 aromatic heterocycles. The van der Waals surface area contributed by atoms with Crippen molar-refractivity contribution in [3.05, 3.63) is 47.0 Å². The molecule has 0 unspecified atom stereocenters. The minimum Gasteiger partial charge on any atom is -0.504 e. The van der Waals surface area contributed by atoms with Crippen LogP contribution in [0.1, 0.15) is 22.7 Å². The van der Waals surface area contributed by atoms with Gasteiger partial charge in [-0.15, -0.1) is 24.0 Å². The van der Waals surface area contributed by atoms with Crippen LogP contribution in [0.4, 0.5) is 0 Å². The first-order valence-corrected chi connectivity index (χ1v) is 8.20. The van der Waals surface area contributed by atoms with Crippen molar-refractivity contribution in [3.63, 3.8) is 0 Å². The number of rotatable bonds is 2. The Morgan fingerprint density at radius 3 is 2.74 bits per heavy atom. The van der Waals surface area contributed by atoms with E-state index in [1.165, 1.54) is 11.1 Å². The van der Waals surface area contributed by atoms with Crippen molar-refractivity contribution in [2.24, 2.45) is 0 Å². The summed E-state index contributed by atoms with van der Waals surface area (Å²) in [4.78, 5) is 2.44. The largest absolute Gasteiger partial charge is 0.504 e. The number of hydrogen-bond donors (Lipinski definition) is 2. The molecule has 0 amide bonds. The third-order valence-corrected chi connectivity index (χ3v) is 5.11. The summed E-state index contributed by atoms with van der Waals surface area (Å²) >= 11 is 5.97. The van der Waals surface area contributed by atoms with Crippen LogP contribution in [0, 0.1) is 0 Å². The number of alkyl halides is 1. The summed E-state index contributed by atoms with van der Waals surface area (Å²) < 4.78 is 0. The fourth-order valence-corrected chi connectivity index (χ4v) is 4.17. The molecule has 2 N–H and O–H groups in total. The van der Waals surface area contributed by atoms with Crippen LogP contribution < -0.4 is 0 Å². The maximum Gasteiger partial charge on any atom is 0.165 e. The topological polar surface area (TPSA) is 43.7 Å². The number of phenolic OH excluding ortho intramolecular Hbond substituents is 2. The first-order valence-electron chi connectivity index (χ1n) is 7.66. The standard InChI is InChI=1S/C18H18ClNO2.ClH/c19-7-9-20-8-6-11-2-1-3-13-16(11)14(20)10-12-4-5-15(21)18(22)17(12)13;/h1-5,14,21-22H,6-10H2;1H/t14-;/m1./s1. The predicted octanol–water partition coefficient (Wildman–Crippen LogP) is 3.88. The molecule has 0 spiro atoms. The van der Waals surface area contributed by atoms with Gasteiger partial charge in [0.1, 0.15) is 0 Å². The summed E-state index contributed by atoms with van der Waals surface area (Å²) in [6, 6.07) is 10.1. The van der Waals surface area contributed by atoms with Crippen LogP contribution in [0.15, 0.2) is 30.3 Å². The molecule has 0 fully saturated rings. The molecule has 1 atom stereocenters. The van der Waals surface area contributed by atoms with E-state index in [1.54, 1.807) is 6.07 Å². The van der Waals surface area contributed by atoms with E-state index in [0.29, 0.717) is 11.9 Å². The molecule has 4 rings (SSSR count). The van der Waals surface area contributed by atoms with Gasteiger partial charge in [0.05, 0.1) is 0 Å². The molecule has 1 aliphatic heterocycles. The maximum absolute atomic E-state index is 10.3. The minimum absolute atomic E-state index is 0. The second kappa shape index (κ2) is 6.23. The van der Waals surface area contributed by atoms with E-state index < -0.39 is 0 Å². The molecule has 0 bridgehead atoms. The van der Waals surface area contributed by atoms with Crippen LogP contribution >= 0.6 is 24.0 Å². The number of fused-ring (bicyclic) bond motifs is 2. The SMILES string of the molecule is Cl.Oc1ccc2c(c1O)-c1cccc3c1[C@@H](C2)N(CCCl)CC3. The summed E-state index contributed by atoms with van der Waals surface area (Å²) in [5.74, 6) is 0.573. The highest BCUT2D eigenvalue weighted by molar-refractivity contribution is 6.18. The van der Waals surface area contributed by atoms with Gasteiger partial charge < -0.3 is 10.2 Å². The molecule has 1 heterocycles. The van der Waals surface area contributed by atoms with Gasteiger partial charge >= 0.3 is 0 Å². The van der Waals surface area contributed by atoms with Gasteiger partial charge in [-0.05, 0) is 41.2 Å². The summed E-state index contributed by atoms with van der Waals surface area (Å²) in [5, 5.41) is 20.2. The quantitative estimate of drug-likeness (QED) is 0.637. The molecule has 0 saturated heterocycles. The zero-order valence-electron chi connectivity index (χ0n) is 12.6. The lowest BCUT2D eigenvalue weighted by Gasteiger charge is -2.41. The Balaban J connectivity index is 0.00000156. The highest BCUT2D eigenvalue weighted by Gasteiger charge is 2.35. The molecule has 5 heteroatoms. The number of phenols is 2. The summed E-state index contributed by atoms with van der Waals surface area (Å²) in [6.45, 7) is 1.90. The van der Waals surface area contributed by atoms with Crippen molar-refractivity contribution in [2.75, 3.05) is 19.0 Å². The Morgan fingerprint density at radius 1 is 1.13 bits per heavy atom. The van der Waals surface area contributed by atoms with E-state index in [2.05, 4.69) is 11.0 Å². The van der Waals surface area contributed by atoms with Gasteiger partial charge in [-0.2, -0.15) is 0 Å². The zero-order valence-corrected chi connectivity index (χ0v) is 14.2. The fraction of sp³-hybridized carbons (Fsp3) is 0.333. The summed E-state index contributed by atoms with van der Waals surface area (Å²) in [6.07, 6.45) is 1.86. The van der Waals surface area contributed by atoms with E-state index in [0.717, 1.165) is 42.6 Å². The van der Waals surface area contributed by atoms with Gasteiger partial charge in [0.15, 0.2) is 11.5 Å². The Kier molecular flexibility index (Phi) is 4.45. The van der Waals surface area contributed by atoms with Gasteiger partial charge in [0.2, 0.25) is 0 Å². The van der Waals surface area contributed by atoms with Crippen LogP contribution in [0.25, 0.3) is 11.1 Å². The smallest absolute Gasteiger partial charge is 0.165 e. The van der Waals surface area contributed by atoms with Crippen molar-refractivity contribution in [1.82, 2.24) is 4.90 Å². The first-order chi connectivity index (χ1) is 10.7. The molecule has 0 radical (unpaired) electrons. The van der Waals surface area contributed by atoms with Gasteiger partial charge in [0.25, 0.3) is 0 Å². The van der Waals surface area contributed by atoms with Gasteiger partial charge in [-0.25, -0.2) is 0 Å². The second-order valence-electron chi connectivity index (χ2n) is 6.04. The van der Waals surface area contributed by atoms with Crippen molar-refractivity contribution < 1.29 is 10.2 Å². The van der Waals surface area contributed by atoms with E-state index in [1.807, 2.05) is 18.2 Å². The average molecular weight is 352 g/mol. The van der Waals surface area contributed by atoms with E-state index in [9.17, 15) is 10.2 Å². The van der Waals surface area contributed by atoms with E-state index in [-0.39, 0.29) is 23.9 Å². The highest BCUT2D eigenvalue weighted by atomic mass is 35.5.